The monoisotopic (exact) mass is 273 g/mol. The largest absolute Gasteiger partial charge is 0.478 e. The number of hydrogen-bond donors (Lipinski definition) is 2. The number of carboxylic acid groups (broad SMARTS) is 1. The molecule has 0 spiro atoms. The molecule has 0 aliphatic rings. The van der Waals surface area contributed by atoms with Gasteiger partial charge in [0.05, 0.1) is 5.56 Å². The first kappa shape index (κ1) is 13.5. The van der Waals surface area contributed by atoms with Crippen molar-refractivity contribution in [1.29, 1.82) is 0 Å². The van der Waals surface area contributed by atoms with E-state index in [2.05, 4.69) is 0 Å². The van der Waals surface area contributed by atoms with Gasteiger partial charge >= 0.3 is 5.97 Å². The Morgan fingerprint density at radius 3 is 2.53 bits per heavy atom. The molecule has 3 N–H and O–H groups in total. The van der Waals surface area contributed by atoms with Crippen LogP contribution in [0.4, 0.5) is 5.69 Å². The molecule has 0 unspecified atom stereocenters. The van der Waals surface area contributed by atoms with Crippen LogP contribution < -0.4 is 5.73 Å². The van der Waals surface area contributed by atoms with E-state index in [1.165, 1.54) is 5.56 Å². The van der Waals surface area contributed by atoms with Crippen molar-refractivity contribution in [1.82, 2.24) is 0 Å². The van der Waals surface area contributed by atoms with Gasteiger partial charge in [-0.3, -0.25) is 0 Å². The number of aromatic carboxylic acids is 1. The second-order valence-electron chi connectivity index (χ2n) is 4.29. The van der Waals surface area contributed by atoms with E-state index in [9.17, 15) is 9.90 Å². The molecule has 2 aromatic rings. The standard InChI is InChI=1S/C15H15NO2S/c1-10-5-7-12(8-6-10)19-9-11-3-2-4-13(16)14(11)15(17)18/h2-8H,9,16H2,1H3,(H,17,18). The second-order valence-corrected chi connectivity index (χ2v) is 5.34. The summed E-state index contributed by atoms with van der Waals surface area (Å²) in [7, 11) is 0. The van der Waals surface area contributed by atoms with Crippen molar-refractivity contribution in [2.24, 2.45) is 0 Å². The number of benzene rings is 2. The topological polar surface area (TPSA) is 63.3 Å². The zero-order valence-corrected chi connectivity index (χ0v) is 11.4. The van der Waals surface area contributed by atoms with Gasteiger partial charge in [-0.25, -0.2) is 4.79 Å². The van der Waals surface area contributed by atoms with Crippen molar-refractivity contribution in [3.05, 3.63) is 59.2 Å². The van der Waals surface area contributed by atoms with Crippen molar-refractivity contribution >= 4 is 23.4 Å². The number of hydrogen-bond acceptors (Lipinski definition) is 3. The average molecular weight is 273 g/mol. The molecule has 0 aromatic heterocycles. The van der Waals surface area contributed by atoms with Gasteiger partial charge in [0.2, 0.25) is 0 Å². The molecular formula is C15H15NO2S. The number of nitrogen functional groups attached to an aromatic ring is 1. The number of rotatable bonds is 4. The lowest BCUT2D eigenvalue weighted by Gasteiger charge is -2.08. The summed E-state index contributed by atoms with van der Waals surface area (Å²) in [5, 5.41) is 9.19. The summed E-state index contributed by atoms with van der Waals surface area (Å²) in [5.74, 6) is -0.381. The number of nitrogens with two attached hydrogens (primary N) is 1. The molecule has 98 valence electrons. The fraction of sp³-hybridized carbons (Fsp3) is 0.133. The Bertz CT molecular complexity index is 594. The van der Waals surface area contributed by atoms with Gasteiger partial charge in [-0.1, -0.05) is 29.8 Å². The maximum absolute atomic E-state index is 11.2. The lowest BCUT2D eigenvalue weighted by atomic mass is 10.1. The van der Waals surface area contributed by atoms with Crippen LogP contribution in [0.5, 0.6) is 0 Å². The van der Waals surface area contributed by atoms with Crippen LogP contribution in [0.15, 0.2) is 47.4 Å². The lowest BCUT2D eigenvalue weighted by molar-refractivity contribution is 0.0697. The molecule has 0 aliphatic heterocycles. The normalized spacial score (nSPS) is 10.4. The van der Waals surface area contributed by atoms with Gasteiger partial charge in [0.25, 0.3) is 0 Å². The maximum Gasteiger partial charge on any atom is 0.338 e. The van der Waals surface area contributed by atoms with Crippen LogP contribution in [0.25, 0.3) is 0 Å². The van der Waals surface area contributed by atoms with Crippen LogP contribution in [0.3, 0.4) is 0 Å². The summed E-state index contributed by atoms with van der Waals surface area (Å²) in [6, 6.07) is 13.4. The summed E-state index contributed by atoms with van der Waals surface area (Å²) >= 11 is 1.60. The minimum Gasteiger partial charge on any atom is -0.478 e. The highest BCUT2D eigenvalue weighted by molar-refractivity contribution is 7.98. The summed E-state index contributed by atoms with van der Waals surface area (Å²) in [6.45, 7) is 2.04. The van der Waals surface area contributed by atoms with Crippen molar-refractivity contribution < 1.29 is 9.90 Å². The number of carboxylic acids is 1. The van der Waals surface area contributed by atoms with E-state index < -0.39 is 5.97 Å². The van der Waals surface area contributed by atoms with E-state index in [0.717, 1.165) is 10.5 Å². The van der Waals surface area contributed by atoms with E-state index >= 15 is 0 Å². The first-order valence-corrected chi connectivity index (χ1v) is 6.86. The van der Waals surface area contributed by atoms with Crippen molar-refractivity contribution in [3.63, 3.8) is 0 Å². The lowest BCUT2D eigenvalue weighted by Crippen LogP contribution is -2.06. The Morgan fingerprint density at radius 1 is 1.21 bits per heavy atom. The van der Waals surface area contributed by atoms with E-state index in [1.807, 2.05) is 31.2 Å². The molecule has 0 saturated carbocycles. The smallest absolute Gasteiger partial charge is 0.338 e. The number of carbonyl (C=O) groups is 1. The van der Waals surface area contributed by atoms with Crippen LogP contribution in [-0.2, 0) is 5.75 Å². The third-order valence-corrected chi connectivity index (χ3v) is 3.87. The molecule has 0 saturated heterocycles. The Hall–Kier alpha value is -1.94. The number of aryl methyl sites for hydroxylation is 1. The highest BCUT2D eigenvalue weighted by atomic mass is 32.2. The molecule has 0 heterocycles. The van der Waals surface area contributed by atoms with Gasteiger partial charge in [-0.2, -0.15) is 0 Å². The molecule has 0 amide bonds. The molecule has 0 radical (unpaired) electrons. The zero-order valence-electron chi connectivity index (χ0n) is 10.6. The summed E-state index contributed by atoms with van der Waals surface area (Å²) < 4.78 is 0. The fourth-order valence-corrected chi connectivity index (χ4v) is 2.69. The molecule has 2 rings (SSSR count). The maximum atomic E-state index is 11.2. The highest BCUT2D eigenvalue weighted by Crippen LogP contribution is 2.27. The molecule has 4 heteroatoms. The average Bonchev–Trinajstić information content (AvgIpc) is 2.37. The Kier molecular flexibility index (Phi) is 4.12. The van der Waals surface area contributed by atoms with E-state index in [0.29, 0.717) is 11.4 Å². The number of anilines is 1. The fourth-order valence-electron chi connectivity index (χ4n) is 1.80. The molecule has 0 fully saturated rings. The molecular weight excluding hydrogens is 258 g/mol. The Labute approximate surface area is 116 Å². The van der Waals surface area contributed by atoms with E-state index in [4.69, 9.17) is 5.73 Å². The van der Waals surface area contributed by atoms with Crippen molar-refractivity contribution in [2.75, 3.05) is 5.73 Å². The van der Waals surface area contributed by atoms with Gasteiger partial charge < -0.3 is 10.8 Å². The van der Waals surface area contributed by atoms with E-state index in [1.54, 1.807) is 30.0 Å². The van der Waals surface area contributed by atoms with Crippen LogP contribution >= 0.6 is 11.8 Å². The SMILES string of the molecule is Cc1ccc(SCc2cccc(N)c2C(=O)O)cc1. The van der Waals surface area contributed by atoms with Gasteiger partial charge in [-0.05, 0) is 30.7 Å². The van der Waals surface area contributed by atoms with Crippen molar-refractivity contribution in [3.8, 4) is 0 Å². The summed E-state index contributed by atoms with van der Waals surface area (Å²) in [6.07, 6.45) is 0. The second kappa shape index (κ2) is 5.80. The quantitative estimate of drug-likeness (QED) is 0.660. The zero-order chi connectivity index (χ0) is 13.8. The third kappa shape index (κ3) is 3.29. The van der Waals surface area contributed by atoms with Gasteiger partial charge in [-0.15, -0.1) is 11.8 Å². The molecule has 0 aliphatic carbocycles. The molecule has 0 atom stereocenters. The third-order valence-electron chi connectivity index (χ3n) is 2.81. The first-order chi connectivity index (χ1) is 9.08. The minimum absolute atomic E-state index is 0.210. The first-order valence-electron chi connectivity index (χ1n) is 5.88. The number of thioether (sulfide) groups is 1. The van der Waals surface area contributed by atoms with Gasteiger partial charge in [0.15, 0.2) is 0 Å². The van der Waals surface area contributed by atoms with Gasteiger partial charge in [0.1, 0.15) is 0 Å². The van der Waals surface area contributed by atoms with Crippen LogP contribution in [0, 0.1) is 6.92 Å². The minimum atomic E-state index is -0.974. The molecule has 0 bridgehead atoms. The Balaban J connectivity index is 2.18. The Morgan fingerprint density at radius 2 is 1.89 bits per heavy atom. The summed E-state index contributed by atoms with van der Waals surface area (Å²) in [5.41, 5.74) is 8.20. The van der Waals surface area contributed by atoms with E-state index in [-0.39, 0.29) is 5.56 Å². The highest BCUT2D eigenvalue weighted by Gasteiger charge is 2.13. The van der Waals surface area contributed by atoms with Crippen LogP contribution in [0.1, 0.15) is 21.5 Å². The van der Waals surface area contributed by atoms with Crippen molar-refractivity contribution in [2.45, 2.75) is 17.6 Å². The molecule has 2 aromatic carbocycles. The van der Waals surface area contributed by atoms with Crippen LogP contribution in [-0.4, -0.2) is 11.1 Å². The molecule has 19 heavy (non-hydrogen) atoms. The molecule has 3 nitrogen and oxygen atoms in total. The van der Waals surface area contributed by atoms with Crippen LogP contribution in [0.2, 0.25) is 0 Å². The predicted molar refractivity (Wildman–Crippen MR) is 78.6 cm³/mol. The van der Waals surface area contributed by atoms with Gasteiger partial charge in [0, 0.05) is 16.3 Å². The predicted octanol–water partition coefficient (Wildman–Crippen LogP) is 3.57. The summed E-state index contributed by atoms with van der Waals surface area (Å²) in [4.78, 5) is 12.3.